The van der Waals surface area contributed by atoms with E-state index in [0.29, 0.717) is 30.1 Å². The van der Waals surface area contributed by atoms with Crippen LogP contribution in [0.3, 0.4) is 0 Å². The SMILES string of the molecule is CN(C)S(=O)(=O)N1CCCC(c2cccc(-c3cnc4ccc(F)cn34)n2)C1. The van der Waals surface area contributed by atoms with Crippen molar-refractivity contribution in [1.82, 2.24) is 23.0 Å². The molecule has 0 aromatic carbocycles. The third-order valence-electron chi connectivity index (χ3n) is 5.09. The number of nitrogens with zero attached hydrogens (tertiary/aromatic N) is 5. The predicted octanol–water partition coefficient (Wildman–Crippen LogP) is 2.52. The molecular formula is C19H22FN5O2S. The van der Waals surface area contributed by atoms with Gasteiger partial charge in [-0.3, -0.25) is 9.38 Å². The Kier molecular flexibility index (Phi) is 4.90. The molecule has 1 fully saturated rings. The summed E-state index contributed by atoms with van der Waals surface area (Å²) in [4.78, 5) is 9.07. The van der Waals surface area contributed by atoms with Crippen LogP contribution in [0.15, 0.2) is 42.7 Å². The molecule has 4 heterocycles. The Morgan fingerprint density at radius 1 is 1.21 bits per heavy atom. The minimum Gasteiger partial charge on any atom is -0.295 e. The van der Waals surface area contributed by atoms with E-state index >= 15 is 0 Å². The molecule has 1 atom stereocenters. The second-order valence-electron chi connectivity index (χ2n) is 7.15. The van der Waals surface area contributed by atoms with Crippen LogP contribution < -0.4 is 0 Å². The Morgan fingerprint density at radius 2 is 2.04 bits per heavy atom. The molecule has 3 aromatic heterocycles. The standard InChI is InChI=1S/C19H22FN5O2S/c1-23(2)28(26,27)24-10-4-5-14(12-24)16-6-3-7-17(22-16)18-11-21-19-9-8-15(20)13-25(18)19/h3,6-9,11,13-14H,4-5,10,12H2,1-2H3. The van der Waals surface area contributed by atoms with Crippen molar-refractivity contribution in [3.63, 3.8) is 0 Å². The summed E-state index contributed by atoms with van der Waals surface area (Å²) in [5, 5.41) is 0. The van der Waals surface area contributed by atoms with E-state index in [2.05, 4.69) is 4.98 Å². The van der Waals surface area contributed by atoms with Gasteiger partial charge in [0, 0.05) is 45.0 Å². The average Bonchev–Trinajstić information content (AvgIpc) is 3.11. The van der Waals surface area contributed by atoms with Crippen molar-refractivity contribution in [2.75, 3.05) is 27.2 Å². The van der Waals surface area contributed by atoms with Gasteiger partial charge in [0.15, 0.2) is 0 Å². The zero-order valence-electron chi connectivity index (χ0n) is 15.8. The van der Waals surface area contributed by atoms with Crippen LogP contribution in [-0.4, -0.2) is 58.6 Å². The number of hydrogen-bond acceptors (Lipinski definition) is 4. The van der Waals surface area contributed by atoms with Crippen LogP contribution in [0.5, 0.6) is 0 Å². The maximum atomic E-state index is 13.7. The van der Waals surface area contributed by atoms with Crippen molar-refractivity contribution in [2.45, 2.75) is 18.8 Å². The molecule has 0 bridgehead atoms. The van der Waals surface area contributed by atoms with Gasteiger partial charge >= 0.3 is 0 Å². The first kappa shape index (κ1) is 19.0. The number of rotatable bonds is 4. The molecule has 0 spiro atoms. The third kappa shape index (κ3) is 3.41. The number of imidazole rings is 1. The van der Waals surface area contributed by atoms with Gasteiger partial charge in [-0.25, -0.2) is 9.37 Å². The minimum absolute atomic E-state index is 0.0133. The number of piperidine rings is 1. The quantitative estimate of drug-likeness (QED) is 0.671. The first-order valence-corrected chi connectivity index (χ1v) is 10.5. The average molecular weight is 403 g/mol. The fourth-order valence-corrected chi connectivity index (χ4v) is 4.78. The smallest absolute Gasteiger partial charge is 0.281 e. The largest absolute Gasteiger partial charge is 0.295 e. The zero-order chi connectivity index (χ0) is 19.9. The predicted molar refractivity (Wildman–Crippen MR) is 105 cm³/mol. The van der Waals surface area contributed by atoms with Gasteiger partial charge in [-0.1, -0.05) is 6.07 Å². The molecule has 4 rings (SSSR count). The highest BCUT2D eigenvalue weighted by Gasteiger charge is 2.31. The van der Waals surface area contributed by atoms with Crippen molar-refractivity contribution < 1.29 is 12.8 Å². The lowest BCUT2D eigenvalue weighted by molar-refractivity contribution is 0.296. The summed E-state index contributed by atoms with van der Waals surface area (Å²) in [6.07, 6.45) is 4.71. The van der Waals surface area contributed by atoms with Crippen LogP contribution in [0.25, 0.3) is 17.0 Å². The molecule has 0 N–H and O–H groups in total. The molecule has 1 saturated heterocycles. The monoisotopic (exact) mass is 403 g/mol. The number of pyridine rings is 2. The second kappa shape index (κ2) is 7.23. The number of fused-ring (bicyclic) bond motifs is 1. The molecule has 7 nitrogen and oxygen atoms in total. The van der Waals surface area contributed by atoms with E-state index in [1.54, 1.807) is 30.8 Å². The molecule has 1 aliphatic rings. The van der Waals surface area contributed by atoms with Gasteiger partial charge in [-0.15, -0.1) is 0 Å². The third-order valence-corrected chi connectivity index (χ3v) is 7.00. The van der Waals surface area contributed by atoms with E-state index in [9.17, 15) is 12.8 Å². The highest BCUT2D eigenvalue weighted by Crippen LogP contribution is 2.29. The van der Waals surface area contributed by atoms with Crippen LogP contribution in [0.4, 0.5) is 4.39 Å². The molecule has 0 radical (unpaired) electrons. The minimum atomic E-state index is -3.44. The summed E-state index contributed by atoms with van der Waals surface area (Å²) in [5.41, 5.74) is 2.86. The Balaban J connectivity index is 1.66. The van der Waals surface area contributed by atoms with Gasteiger partial charge in [0.1, 0.15) is 11.5 Å². The van der Waals surface area contributed by atoms with Gasteiger partial charge in [0.25, 0.3) is 10.2 Å². The lowest BCUT2D eigenvalue weighted by Crippen LogP contribution is -2.45. The van der Waals surface area contributed by atoms with Gasteiger partial charge in [0.2, 0.25) is 0 Å². The Labute approximate surface area is 163 Å². The number of aromatic nitrogens is 3. The number of halogens is 1. The first-order chi connectivity index (χ1) is 13.4. The molecule has 3 aromatic rings. The summed E-state index contributed by atoms with van der Waals surface area (Å²) >= 11 is 0. The van der Waals surface area contributed by atoms with Crippen LogP contribution in [0.1, 0.15) is 24.5 Å². The van der Waals surface area contributed by atoms with Crippen LogP contribution in [-0.2, 0) is 10.2 Å². The van der Waals surface area contributed by atoms with Crippen molar-refractivity contribution in [2.24, 2.45) is 0 Å². The molecule has 1 unspecified atom stereocenters. The maximum Gasteiger partial charge on any atom is 0.281 e. The van der Waals surface area contributed by atoms with Crippen LogP contribution in [0.2, 0.25) is 0 Å². The van der Waals surface area contributed by atoms with Gasteiger partial charge < -0.3 is 0 Å². The van der Waals surface area contributed by atoms with E-state index in [1.807, 2.05) is 18.2 Å². The van der Waals surface area contributed by atoms with Crippen molar-refractivity contribution in [3.05, 3.63) is 54.2 Å². The van der Waals surface area contributed by atoms with Gasteiger partial charge in [0.05, 0.1) is 17.6 Å². The second-order valence-corrected chi connectivity index (χ2v) is 9.30. The molecule has 0 amide bonds. The Bertz CT molecular complexity index is 1110. The van der Waals surface area contributed by atoms with Crippen molar-refractivity contribution >= 4 is 15.9 Å². The van der Waals surface area contributed by atoms with E-state index in [4.69, 9.17) is 4.98 Å². The summed E-state index contributed by atoms with van der Waals surface area (Å²) < 4.78 is 43.0. The van der Waals surface area contributed by atoms with Gasteiger partial charge in [-0.05, 0) is 37.1 Å². The molecule has 28 heavy (non-hydrogen) atoms. The fourth-order valence-electron chi connectivity index (χ4n) is 3.59. The van der Waals surface area contributed by atoms with E-state index < -0.39 is 10.2 Å². The summed E-state index contributed by atoms with van der Waals surface area (Å²) in [7, 11) is -0.358. The summed E-state index contributed by atoms with van der Waals surface area (Å²) in [6, 6.07) is 8.67. The highest BCUT2D eigenvalue weighted by molar-refractivity contribution is 7.86. The Morgan fingerprint density at radius 3 is 2.82 bits per heavy atom. The highest BCUT2D eigenvalue weighted by atomic mass is 32.2. The summed E-state index contributed by atoms with van der Waals surface area (Å²) in [5.74, 6) is -0.334. The molecular weight excluding hydrogens is 381 g/mol. The fraction of sp³-hybridized carbons (Fsp3) is 0.368. The van der Waals surface area contributed by atoms with Crippen molar-refractivity contribution in [1.29, 1.82) is 0 Å². The zero-order valence-corrected chi connectivity index (χ0v) is 16.6. The molecule has 148 valence electrons. The lowest BCUT2D eigenvalue weighted by Gasteiger charge is -2.33. The van der Waals surface area contributed by atoms with Crippen molar-refractivity contribution in [3.8, 4) is 11.4 Å². The maximum absolute atomic E-state index is 13.7. The van der Waals surface area contributed by atoms with Gasteiger partial charge in [-0.2, -0.15) is 17.0 Å². The topological polar surface area (TPSA) is 70.8 Å². The molecule has 0 aliphatic carbocycles. The molecule has 9 heteroatoms. The first-order valence-electron chi connectivity index (χ1n) is 9.14. The normalized spacial score (nSPS) is 18.8. The van der Waals surface area contributed by atoms with E-state index in [0.717, 1.165) is 18.5 Å². The van der Waals surface area contributed by atoms with E-state index in [-0.39, 0.29) is 11.7 Å². The molecule has 1 aliphatic heterocycles. The van der Waals surface area contributed by atoms with Crippen LogP contribution >= 0.6 is 0 Å². The lowest BCUT2D eigenvalue weighted by atomic mass is 9.95. The Hall–Kier alpha value is -2.36. The molecule has 0 saturated carbocycles. The van der Waals surface area contributed by atoms with Crippen LogP contribution in [0, 0.1) is 5.82 Å². The van der Waals surface area contributed by atoms with E-state index in [1.165, 1.54) is 20.9 Å². The summed E-state index contributed by atoms with van der Waals surface area (Å²) in [6.45, 7) is 0.919. The number of hydrogen-bond donors (Lipinski definition) is 0.